The maximum atomic E-state index is 12.3. The predicted octanol–water partition coefficient (Wildman–Crippen LogP) is 1.60. The highest BCUT2D eigenvalue weighted by atomic mass is 16.3. The Bertz CT molecular complexity index is 508. The molecule has 0 bridgehead atoms. The third-order valence-electron chi connectivity index (χ3n) is 5.19. The molecule has 1 saturated carbocycles. The molecular formula is C18H25NO3. The van der Waals surface area contributed by atoms with E-state index in [0.717, 1.165) is 12.8 Å². The van der Waals surface area contributed by atoms with Crippen molar-refractivity contribution < 1.29 is 15.0 Å². The lowest BCUT2D eigenvalue weighted by atomic mass is 9.92. The molecule has 1 heterocycles. The van der Waals surface area contributed by atoms with E-state index in [0.29, 0.717) is 44.2 Å². The van der Waals surface area contributed by atoms with Crippen molar-refractivity contribution in [2.75, 3.05) is 19.7 Å². The summed E-state index contributed by atoms with van der Waals surface area (Å²) >= 11 is 0. The van der Waals surface area contributed by atoms with Crippen LogP contribution in [0.15, 0.2) is 30.3 Å². The first-order valence-electron chi connectivity index (χ1n) is 8.24. The lowest BCUT2D eigenvalue weighted by Gasteiger charge is -2.37. The first-order valence-corrected chi connectivity index (χ1v) is 8.24. The third kappa shape index (κ3) is 3.68. The molecule has 1 amide bonds. The van der Waals surface area contributed by atoms with Crippen LogP contribution in [-0.4, -0.2) is 46.3 Å². The number of amides is 1. The molecule has 4 nitrogen and oxygen atoms in total. The number of rotatable bonds is 5. The number of piperidine rings is 1. The summed E-state index contributed by atoms with van der Waals surface area (Å²) in [5.74, 6) is 1.37. The second-order valence-electron chi connectivity index (χ2n) is 6.91. The number of aliphatic hydroxyl groups is 2. The molecule has 1 aliphatic carbocycles. The van der Waals surface area contributed by atoms with E-state index in [-0.39, 0.29) is 12.5 Å². The van der Waals surface area contributed by atoms with Crippen LogP contribution >= 0.6 is 0 Å². The van der Waals surface area contributed by atoms with Crippen LogP contribution in [0, 0.1) is 11.8 Å². The van der Waals surface area contributed by atoms with E-state index >= 15 is 0 Å². The molecule has 1 aliphatic heterocycles. The van der Waals surface area contributed by atoms with Crippen molar-refractivity contribution in [3.63, 3.8) is 0 Å². The molecule has 120 valence electrons. The van der Waals surface area contributed by atoms with E-state index < -0.39 is 5.60 Å². The quantitative estimate of drug-likeness (QED) is 0.868. The maximum Gasteiger partial charge on any atom is 0.222 e. The summed E-state index contributed by atoms with van der Waals surface area (Å²) in [6.45, 7) is 0.911. The standard InChI is InChI=1S/C18H25NO3/c20-13-18(22)6-8-19(9-7-18)17(21)12-16-11-15(16)10-14-4-2-1-3-5-14/h1-5,15-16,20,22H,6-13H2/t15-,16+/m1/s1. The van der Waals surface area contributed by atoms with Gasteiger partial charge in [-0.15, -0.1) is 0 Å². The van der Waals surface area contributed by atoms with Crippen LogP contribution < -0.4 is 0 Å². The van der Waals surface area contributed by atoms with Gasteiger partial charge in [-0.1, -0.05) is 30.3 Å². The Kier molecular flexibility index (Phi) is 4.50. The highest BCUT2D eigenvalue weighted by molar-refractivity contribution is 5.77. The van der Waals surface area contributed by atoms with Crippen molar-refractivity contribution in [2.45, 2.75) is 37.7 Å². The van der Waals surface area contributed by atoms with Crippen molar-refractivity contribution in [1.82, 2.24) is 4.90 Å². The molecule has 0 aromatic heterocycles. The Hall–Kier alpha value is -1.39. The number of benzene rings is 1. The van der Waals surface area contributed by atoms with Gasteiger partial charge in [-0.3, -0.25) is 4.79 Å². The summed E-state index contributed by atoms with van der Waals surface area (Å²) in [6.07, 6.45) is 3.81. The number of likely N-dealkylation sites (tertiary alicyclic amines) is 1. The molecular weight excluding hydrogens is 278 g/mol. The fourth-order valence-electron chi connectivity index (χ4n) is 3.41. The van der Waals surface area contributed by atoms with Gasteiger partial charge in [0.1, 0.15) is 0 Å². The van der Waals surface area contributed by atoms with Gasteiger partial charge in [0.15, 0.2) is 0 Å². The fourth-order valence-corrected chi connectivity index (χ4v) is 3.41. The number of carbonyl (C=O) groups excluding carboxylic acids is 1. The van der Waals surface area contributed by atoms with Gasteiger partial charge in [0.25, 0.3) is 0 Å². The van der Waals surface area contributed by atoms with Gasteiger partial charge in [0.2, 0.25) is 5.91 Å². The summed E-state index contributed by atoms with van der Waals surface area (Å²) < 4.78 is 0. The molecule has 0 radical (unpaired) electrons. The van der Waals surface area contributed by atoms with Crippen molar-refractivity contribution in [2.24, 2.45) is 11.8 Å². The minimum absolute atomic E-state index is 0.209. The van der Waals surface area contributed by atoms with Gasteiger partial charge < -0.3 is 15.1 Å². The third-order valence-corrected chi connectivity index (χ3v) is 5.19. The second-order valence-corrected chi connectivity index (χ2v) is 6.91. The minimum Gasteiger partial charge on any atom is -0.393 e. The van der Waals surface area contributed by atoms with E-state index in [1.807, 2.05) is 11.0 Å². The lowest BCUT2D eigenvalue weighted by molar-refractivity contribution is -0.137. The smallest absolute Gasteiger partial charge is 0.222 e. The van der Waals surface area contributed by atoms with Crippen molar-refractivity contribution >= 4 is 5.91 Å². The number of aliphatic hydroxyl groups excluding tert-OH is 1. The lowest BCUT2D eigenvalue weighted by Crippen LogP contribution is -2.48. The van der Waals surface area contributed by atoms with Crippen LogP contribution in [0.2, 0.25) is 0 Å². The zero-order valence-electron chi connectivity index (χ0n) is 12.9. The second kappa shape index (κ2) is 6.39. The Morgan fingerprint density at radius 3 is 2.50 bits per heavy atom. The molecule has 0 spiro atoms. The Morgan fingerprint density at radius 2 is 1.86 bits per heavy atom. The van der Waals surface area contributed by atoms with Crippen LogP contribution in [0.1, 0.15) is 31.2 Å². The number of hydrogen-bond donors (Lipinski definition) is 2. The van der Waals surface area contributed by atoms with Gasteiger partial charge in [0, 0.05) is 19.5 Å². The molecule has 2 N–H and O–H groups in total. The monoisotopic (exact) mass is 303 g/mol. The summed E-state index contributed by atoms with van der Waals surface area (Å²) in [4.78, 5) is 14.2. The zero-order chi connectivity index (χ0) is 15.6. The van der Waals surface area contributed by atoms with Crippen molar-refractivity contribution in [3.05, 3.63) is 35.9 Å². The van der Waals surface area contributed by atoms with Gasteiger partial charge in [0.05, 0.1) is 12.2 Å². The van der Waals surface area contributed by atoms with E-state index in [9.17, 15) is 9.90 Å². The van der Waals surface area contributed by atoms with Crippen LogP contribution in [0.3, 0.4) is 0 Å². The summed E-state index contributed by atoms with van der Waals surface area (Å²) in [5, 5.41) is 19.1. The Balaban J connectivity index is 1.42. The molecule has 1 aromatic carbocycles. The average Bonchev–Trinajstić information content (AvgIpc) is 3.26. The van der Waals surface area contributed by atoms with Gasteiger partial charge >= 0.3 is 0 Å². The predicted molar refractivity (Wildman–Crippen MR) is 84.2 cm³/mol. The normalized spacial score (nSPS) is 26.7. The summed E-state index contributed by atoms with van der Waals surface area (Å²) in [5.41, 5.74) is 0.375. The minimum atomic E-state index is -0.980. The van der Waals surface area contributed by atoms with Crippen LogP contribution in [0.4, 0.5) is 0 Å². The van der Waals surface area contributed by atoms with Crippen LogP contribution in [0.25, 0.3) is 0 Å². The maximum absolute atomic E-state index is 12.3. The van der Waals surface area contributed by atoms with E-state index in [1.165, 1.54) is 5.56 Å². The van der Waals surface area contributed by atoms with Crippen LogP contribution in [0.5, 0.6) is 0 Å². The highest BCUT2D eigenvalue weighted by Crippen LogP contribution is 2.44. The molecule has 1 saturated heterocycles. The SMILES string of the molecule is O=C(C[C@@H]1C[C@H]1Cc1ccccc1)N1CCC(O)(CO)CC1. The van der Waals surface area contributed by atoms with Gasteiger partial charge in [-0.2, -0.15) is 0 Å². The molecule has 22 heavy (non-hydrogen) atoms. The highest BCUT2D eigenvalue weighted by Gasteiger charge is 2.40. The van der Waals surface area contributed by atoms with Gasteiger partial charge in [-0.05, 0) is 43.1 Å². The molecule has 0 unspecified atom stereocenters. The summed E-state index contributed by atoms with van der Waals surface area (Å²) in [6, 6.07) is 10.5. The number of hydrogen-bond acceptors (Lipinski definition) is 3. The first-order chi connectivity index (χ1) is 10.6. The van der Waals surface area contributed by atoms with E-state index in [1.54, 1.807) is 0 Å². The number of nitrogens with zero attached hydrogens (tertiary/aromatic N) is 1. The van der Waals surface area contributed by atoms with E-state index in [2.05, 4.69) is 24.3 Å². The van der Waals surface area contributed by atoms with E-state index in [4.69, 9.17) is 5.11 Å². The largest absolute Gasteiger partial charge is 0.393 e. The molecule has 2 atom stereocenters. The fraction of sp³-hybridized carbons (Fsp3) is 0.611. The van der Waals surface area contributed by atoms with Gasteiger partial charge in [-0.25, -0.2) is 0 Å². The van der Waals surface area contributed by atoms with Crippen LogP contribution in [-0.2, 0) is 11.2 Å². The molecule has 4 heteroatoms. The topological polar surface area (TPSA) is 60.8 Å². The molecule has 3 rings (SSSR count). The van der Waals surface area contributed by atoms with Crippen molar-refractivity contribution in [3.8, 4) is 0 Å². The molecule has 1 aromatic rings. The zero-order valence-corrected chi connectivity index (χ0v) is 12.9. The Morgan fingerprint density at radius 1 is 1.18 bits per heavy atom. The number of carbonyl (C=O) groups is 1. The molecule has 2 fully saturated rings. The summed E-state index contributed by atoms with van der Waals surface area (Å²) in [7, 11) is 0. The Labute approximate surface area is 131 Å². The molecule has 2 aliphatic rings. The van der Waals surface area contributed by atoms with Crippen molar-refractivity contribution in [1.29, 1.82) is 0 Å². The average molecular weight is 303 g/mol. The first kappa shape index (κ1) is 15.5.